The Labute approximate surface area is 205 Å². The quantitative estimate of drug-likeness (QED) is 0.481. The molecule has 0 heterocycles. The van der Waals surface area contributed by atoms with Gasteiger partial charge in [0.1, 0.15) is 11.8 Å². The number of benzene rings is 3. The van der Waals surface area contributed by atoms with Crippen molar-refractivity contribution in [1.29, 1.82) is 0 Å². The number of nitrogens with one attached hydrogen (secondary N) is 2. The second kappa shape index (κ2) is 10.6. The van der Waals surface area contributed by atoms with Crippen molar-refractivity contribution in [3.05, 3.63) is 94.5 Å². The normalized spacial score (nSPS) is 16.4. The number of ether oxygens (including phenoxy) is 1. The molecule has 4 rings (SSSR count). The summed E-state index contributed by atoms with van der Waals surface area (Å²) >= 11 is 6.14. The predicted octanol–water partition coefficient (Wildman–Crippen LogP) is 4.43. The van der Waals surface area contributed by atoms with Crippen LogP contribution in [0.5, 0.6) is 5.75 Å². The molecule has 0 radical (unpaired) electrons. The van der Waals surface area contributed by atoms with Crippen molar-refractivity contribution in [2.24, 2.45) is 0 Å². The van der Waals surface area contributed by atoms with Crippen LogP contribution in [0.2, 0.25) is 5.02 Å². The number of carbonyl (C=O) groups excluding carboxylic acids is 1. The molecule has 0 aromatic heterocycles. The lowest BCUT2D eigenvalue weighted by atomic mass is 9.87. The highest BCUT2D eigenvalue weighted by Crippen LogP contribution is 2.30. The van der Waals surface area contributed by atoms with Crippen LogP contribution in [0.15, 0.2) is 77.7 Å². The zero-order valence-electron chi connectivity index (χ0n) is 18.8. The first-order valence-corrected chi connectivity index (χ1v) is 13.0. The predicted molar refractivity (Wildman–Crippen MR) is 133 cm³/mol. The van der Waals surface area contributed by atoms with E-state index in [2.05, 4.69) is 16.1 Å². The van der Waals surface area contributed by atoms with Crippen LogP contribution in [0.3, 0.4) is 0 Å². The Balaban J connectivity index is 1.59. The van der Waals surface area contributed by atoms with Crippen molar-refractivity contribution >= 4 is 27.5 Å². The van der Waals surface area contributed by atoms with Gasteiger partial charge in [0, 0.05) is 0 Å². The zero-order valence-corrected chi connectivity index (χ0v) is 20.4. The van der Waals surface area contributed by atoms with Gasteiger partial charge in [-0.1, -0.05) is 66.2 Å². The van der Waals surface area contributed by atoms with Gasteiger partial charge in [0.05, 0.1) is 23.1 Å². The van der Waals surface area contributed by atoms with E-state index in [4.69, 9.17) is 16.3 Å². The Morgan fingerprint density at radius 3 is 2.56 bits per heavy atom. The van der Waals surface area contributed by atoms with E-state index in [0.717, 1.165) is 30.4 Å². The van der Waals surface area contributed by atoms with Gasteiger partial charge in [-0.2, -0.15) is 4.72 Å². The van der Waals surface area contributed by atoms with Gasteiger partial charge in [-0.05, 0) is 60.6 Å². The topological polar surface area (TPSA) is 84.5 Å². The first-order valence-electron chi connectivity index (χ1n) is 11.2. The summed E-state index contributed by atoms with van der Waals surface area (Å²) in [5.41, 5.74) is 3.15. The van der Waals surface area contributed by atoms with Crippen LogP contribution in [0.25, 0.3) is 0 Å². The van der Waals surface area contributed by atoms with Crippen molar-refractivity contribution < 1.29 is 17.9 Å². The largest absolute Gasteiger partial charge is 0.495 e. The Morgan fingerprint density at radius 1 is 1.09 bits per heavy atom. The number of hydrogen-bond donors (Lipinski definition) is 2. The number of fused-ring (bicyclic) bond motifs is 1. The third kappa shape index (κ3) is 5.60. The lowest BCUT2D eigenvalue weighted by Crippen LogP contribution is -2.49. The van der Waals surface area contributed by atoms with Crippen molar-refractivity contribution in [3.63, 3.8) is 0 Å². The van der Waals surface area contributed by atoms with E-state index in [1.54, 1.807) is 0 Å². The molecule has 1 aliphatic rings. The second-order valence-corrected chi connectivity index (χ2v) is 10.4. The first-order chi connectivity index (χ1) is 16.4. The molecule has 2 atom stereocenters. The van der Waals surface area contributed by atoms with Crippen LogP contribution in [-0.2, 0) is 27.7 Å². The SMILES string of the molecule is COc1ccc(S(=O)(=O)N[C@H](Cc2ccccc2)C(=O)N[C@H]2CCCc3ccccc32)cc1Cl. The highest BCUT2D eigenvalue weighted by atomic mass is 35.5. The van der Waals surface area contributed by atoms with Crippen molar-refractivity contribution in [3.8, 4) is 5.75 Å². The summed E-state index contributed by atoms with van der Waals surface area (Å²) in [7, 11) is -2.57. The molecule has 0 bridgehead atoms. The molecule has 0 aliphatic heterocycles. The van der Waals surface area contributed by atoms with Crippen LogP contribution in [0.1, 0.15) is 35.6 Å². The summed E-state index contributed by atoms with van der Waals surface area (Å²) in [6, 6.07) is 20.4. The van der Waals surface area contributed by atoms with Gasteiger partial charge in [-0.25, -0.2) is 8.42 Å². The van der Waals surface area contributed by atoms with Crippen molar-refractivity contribution in [2.45, 2.75) is 42.7 Å². The van der Waals surface area contributed by atoms with Crippen LogP contribution in [0, 0.1) is 0 Å². The monoisotopic (exact) mass is 498 g/mol. The maximum atomic E-state index is 13.4. The van der Waals surface area contributed by atoms with Crippen molar-refractivity contribution in [1.82, 2.24) is 10.0 Å². The molecule has 0 saturated heterocycles. The van der Waals surface area contributed by atoms with Gasteiger partial charge < -0.3 is 10.1 Å². The second-order valence-electron chi connectivity index (χ2n) is 8.31. The maximum Gasteiger partial charge on any atom is 0.241 e. The highest BCUT2D eigenvalue weighted by molar-refractivity contribution is 7.89. The number of halogens is 1. The summed E-state index contributed by atoms with van der Waals surface area (Å²) in [5.74, 6) is 0.00361. The molecule has 6 nitrogen and oxygen atoms in total. The lowest BCUT2D eigenvalue weighted by Gasteiger charge is -2.28. The molecule has 1 amide bonds. The smallest absolute Gasteiger partial charge is 0.241 e. The van der Waals surface area contributed by atoms with Gasteiger partial charge in [-0.15, -0.1) is 0 Å². The molecule has 3 aromatic carbocycles. The van der Waals surface area contributed by atoms with E-state index in [-0.39, 0.29) is 28.3 Å². The van der Waals surface area contributed by atoms with Gasteiger partial charge in [0.15, 0.2) is 0 Å². The molecule has 2 N–H and O–H groups in total. The highest BCUT2D eigenvalue weighted by Gasteiger charge is 2.29. The summed E-state index contributed by atoms with van der Waals surface area (Å²) in [6.45, 7) is 0. The van der Waals surface area contributed by atoms with E-state index < -0.39 is 16.1 Å². The average molecular weight is 499 g/mol. The average Bonchev–Trinajstić information content (AvgIpc) is 2.84. The van der Waals surface area contributed by atoms with Crippen LogP contribution in [-0.4, -0.2) is 27.5 Å². The molecular formula is C26H27ClN2O4S. The number of sulfonamides is 1. The van der Waals surface area contributed by atoms with Crippen LogP contribution < -0.4 is 14.8 Å². The van der Waals surface area contributed by atoms with E-state index in [0.29, 0.717) is 5.75 Å². The summed E-state index contributed by atoms with van der Waals surface area (Å²) < 4.78 is 34.1. The summed E-state index contributed by atoms with van der Waals surface area (Å²) in [5, 5.41) is 3.26. The Morgan fingerprint density at radius 2 is 1.82 bits per heavy atom. The fraction of sp³-hybridized carbons (Fsp3) is 0.269. The summed E-state index contributed by atoms with van der Waals surface area (Å²) in [6.07, 6.45) is 2.95. The number of rotatable bonds is 8. The number of aryl methyl sites for hydroxylation is 1. The number of carbonyl (C=O) groups is 1. The molecular weight excluding hydrogens is 472 g/mol. The molecule has 0 spiro atoms. The molecule has 34 heavy (non-hydrogen) atoms. The van der Waals surface area contributed by atoms with Crippen LogP contribution >= 0.6 is 11.6 Å². The zero-order chi connectivity index (χ0) is 24.1. The Kier molecular flexibility index (Phi) is 7.56. The fourth-order valence-electron chi connectivity index (χ4n) is 4.28. The molecule has 3 aromatic rings. The minimum Gasteiger partial charge on any atom is -0.495 e. The van der Waals surface area contributed by atoms with E-state index in [1.165, 1.54) is 30.9 Å². The van der Waals surface area contributed by atoms with E-state index >= 15 is 0 Å². The van der Waals surface area contributed by atoms with E-state index in [9.17, 15) is 13.2 Å². The number of amides is 1. The van der Waals surface area contributed by atoms with Crippen LogP contribution in [0.4, 0.5) is 0 Å². The minimum atomic E-state index is -4.02. The molecule has 0 fully saturated rings. The Hall–Kier alpha value is -2.87. The van der Waals surface area contributed by atoms with Crippen molar-refractivity contribution in [2.75, 3.05) is 7.11 Å². The molecule has 0 unspecified atom stereocenters. The first kappa shape index (κ1) is 24.3. The lowest BCUT2D eigenvalue weighted by molar-refractivity contribution is -0.123. The van der Waals surface area contributed by atoms with Gasteiger partial charge in [0.2, 0.25) is 15.9 Å². The Bertz CT molecular complexity index is 1260. The maximum absolute atomic E-state index is 13.4. The standard InChI is InChI=1S/C26H27ClN2O4S/c1-33-25-15-14-20(17-22(25)27)34(31,32)29-24(16-18-8-3-2-4-9-18)26(30)28-23-13-7-11-19-10-5-6-12-21(19)23/h2-6,8-10,12,14-15,17,23-24,29H,7,11,13,16H2,1H3,(H,28,30)/t23-,24+/m0/s1. The fourth-order valence-corrected chi connectivity index (χ4v) is 5.83. The van der Waals surface area contributed by atoms with Gasteiger partial charge in [-0.3, -0.25) is 4.79 Å². The molecule has 8 heteroatoms. The molecule has 0 saturated carbocycles. The molecule has 1 aliphatic carbocycles. The van der Waals surface area contributed by atoms with E-state index in [1.807, 2.05) is 48.5 Å². The summed E-state index contributed by atoms with van der Waals surface area (Å²) in [4.78, 5) is 13.4. The third-order valence-corrected chi connectivity index (χ3v) is 7.78. The molecule has 178 valence electrons. The van der Waals surface area contributed by atoms with Gasteiger partial charge >= 0.3 is 0 Å². The minimum absolute atomic E-state index is 0.0350. The number of methoxy groups -OCH3 is 1. The number of hydrogen-bond acceptors (Lipinski definition) is 4. The van der Waals surface area contributed by atoms with Gasteiger partial charge in [0.25, 0.3) is 0 Å². The third-order valence-electron chi connectivity index (χ3n) is 6.02.